The van der Waals surface area contributed by atoms with Crippen LogP contribution >= 0.6 is 0 Å². The van der Waals surface area contributed by atoms with Crippen LogP contribution in [-0.2, 0) is 24.7 Å². The fraction of sp³-hybridized carbons (Fsp3) is 0.346. The van der Waals surface area contributed by atoms with Gasteiger partial charge in [0.1, 0.15) is 29.8 Å². The molecule has 0 N–H and O–H groups in total. The molecule has 174 valence electrons. The fourth-order valence-corrected chi connectivity index (χ4v) is 4.44. The average Bonchev–Trinajstić information content (AvgIpc) is 3.22. The predicted molar refractivity (Wildman–Crippen MR) is 131 cm³/mol. The summed E-state index contributed by atoms with van der Waals surface area (Å²) in [6, 6.07) is 8.02. The molecule has 0 amide bonds. The summed E-state index contributed by atoms with van der Waals surface area (Å²) in [4.78, 5) is 31.1. The van der Waals surface area contributed by atoms with Crippen LogP contribution in [-0.4, -0.2) is 50.0 Å². The number of benzene rings is 1. The number of rotatable bonds is 7. The van der Waals surface area contributed by atoms with Crippen LogP contribution in [0.3, 0.4) is 0 Å². The first-order chi connectivity index (χ1) is 16.7. The highest BCUT2D eigenvalue weighted by Gasteiger charge is 2.24. The zero-order valence-corrected chi connectivity index (χ0v) is 19.5. The monoisotopic (exact) mass is 456 g/mol. The maximum Gasteiger partial charge on any atom is 0.242 e. The van der Waals surface area contributed by atoms with E-state index in [1.807, 2.05) is 48.3 Å². The van der Waals surface area contributed by atoms with Gasteiger partial charge in [-0.2, -0.15) is 4.98 Å². The summed E-state index contributed by atoms with van der Waals surface area (Å²) >= 11 is 0. The van der Waals surface area contributed by atoms with Gasteiger partial charge in [0.15, 0.2) is 0 Å². The number of hydrogen-bond acceptors (Lipinski definition) is 7. The molecule has 1 fully saturated rings. The summed E-state index contributed by atoms with van der Waals surface area (Å²) in [5, 5.41) is 0. The van der Waals surface area contributed by atoms with Crippen molar-refractivity contribution in [2.24, 2.45) is 7.05 Å². The SMILES string of the molecule is CCc1cnc(N2CCC(Oc3ncnc4c(-c5ccc(CC=O)cc5)cn(C)c34)CC2)nc1. The highest BCUT2D eigenvalue weighted by atomic mass is 16.5. The standard InChI is InChI=1S/C26H28N6O2/c1-3-18-14-27-26(28-15-18)32-11-8-21(9-12-32)34-25-24-23(29-17-30-25)22(16-31(24)2)20-6-4-19(5-7-20)10-13-33/h4-7,13-17,21H,3,8-12H2,1-2H3. The molecular weight excluding hydrogens is 428 g/mol. The molecule has 1 aliphatic heterocycles. The molecule has 0 radical (unpaired) electrons. The van der Waals surface area contributed by atoms with Gasteiger partial charge < -0.3 is 19.0 Å². The molecule has 0 aliphatic carbocycles. The van der Waals surface area contributed by atoms with Crippen molar-refractivity contribution < 1.29 is 9.53 Å². The molecule has 5 rings (SSSR count). The first-order valence-electron chi connectivity index (χ1n) is 11.7. The number of aromatic nitrogens is 5. The molecule has 1 saturated heterocycles. The van der Waals surface area contributed by atoms with E-state index < -0.39 is 0 Å². The second-order valence-electron chi connectivity index (χ2n) is 8.65. The Hall–Kier alpha value is -3.81. The summed E-state index contributed by atoms with van der Waals surface area (Å²) in [6.45, 7) is 3.79. The van der Waals surface area contributed by atoms with Crippen molar-refractivity contribution in [1.29, 1.82) is 0 Å². The first kappa shape index (κ1) is 22.0. The van der Waals surface area contributed by atoms with Gasteiger partial charge in [0.05, 0.1) is 0 Å². The number of fused-ring (bicyclic) bond motifs is 1. The van der Waals surface area contributed by atoms with Gasteiger partial charge in [0.2, 0.25) is 11.8 Å². The van der Waals surface area contributed by atoms with E-state index in [1.54, 1.807) is 6.33 Å². The molecular formula is C26H28N6O2. The Bertz CT molecular complexity index is 1280. The third-order valence-electron chi connectivity index (χ3n) is 6.41. The Morgan fingerprint density at radius 2 is 1.76 bits per heavy atom. The summed E-state index contributed by atoms with van der Waals surface area (Å²) in [6.07, 6.45) is 11.5. The third kappa shape index (κ3) is 4.35. The van der Waals surface area contributed by atoms with Crippen molar-refractivity contribution in [3.8, 4) is 17.0 Å². The second-order valence-corrected chi connectivity index (χ2v) is 8.65. The van der Waals surface area contributed by atoms with E-state index in [1.165, 1.54) is 0 Å². The van der Waals surface area contributed by atoms with Crippen LogP contribution < -0.4 is 9.64 Å². The van der Waals surface area contributed by atoms with E-state index in [-0.39, 0.29) is 6.10 Å². The van der Waals surface area contributed by atoms with Crippen molar-refractivity contribution in [2.75, 3.05) is 18.0 Å². The van der Waals surface area contributed by atoms with E-state index in [9.17, 15) is 4.79 Å². The molecule has 0 spiro atoms. The molecule has 1 aromatic carbocycles. The van der Waals surface area contributed by atoms with Crippen molar-refractivity contribution >= 4 is 23.3 Å². The average molecular weight is 457 g/mol. The summed E-state index contributed by atoms with van der Waals surface area (Å²) in [5.74, 6) is 1.39. The van der Waals surface area contributed by atoms with E-state index in [2.05, 4.69) is 38.0 Å². The Morgan fingerprint density at radius 3 is 2.44 bits per heavy atom. The van der Waals surface area contributed by atoms with Gasteiger partial charge in [-0.05, 0) is 23.1 Å². The van der Waals surface area contributed by atoms with Gasteiger partial charge >= 0.3 is 0 Å². The summed E-state index contributed by atoms with van der Waals surface area (Å²) in [5.41, 5.74) is 5.95. The summed E-state index contributed by atoms with van der Waals surface area (Å²) < 4.78 is 8.42. The normalized spacial score (nSPS) is 14.5. The molecule has 34 heavy (non-hydrogen) atoms. The second kappa shape index (κ2) is 9.59. The topological polar surface area (TPSA) is 86.0 Å². The van der Waals surface area contributed by atoms with E-state index in [4.69, 9.17) is 4.74 Å². The smallest absolute Gasteiger partial charge is 0.242 e. The third-order valence-corrected chi connectivity index (χ3v) is 6.41. The van der Waals surface area contributed by atoms with Crippen LogP contribution in [0.1, 0.15) is 30.9 Å². The quantitative estimate of drug-likeness (QED) is 0.391. The lowest BCUT2D eigenvalue weighted by atomic mass is 10.0. The zero-order valence-electron chi connectivity index (χ0n) is 19.5. The molecule has 0 saturated carbocycles. The number of nitrogens with zero attached hydrogens (tertiary/aromatic N) is 6. The Balaban J connectivity index is 1.32. The van der Waals surface area contributed by atoms with Crippen molar-refractivity contribution in [2.45, 2.75) is 38.7 Å². The van der Waals surface area contributed by atoms with E-state index in [0.29, 0.717) is 12.3 Å². The van der Waals surface area contributed by atoms with Gasteiger partial charge in [-0.3, -0.25) is 0 Å². The molecule has 0 bridgehead atoms. The van der Waals surface area contributed by atoms with Gasteiger partial charge in [-0.25, -0.2) is 15.0 Å². The number of aryl methyl sites for hydroxylation is 2. The van der Waals surface area contributed by atoms with Crippen LogP contribution in [0.5, 0.6) is 5.88 Å². The molecule has 4 heterocycles. The first-order valence-corrected chi connectivity index (χ1v) is 11.7. The maximum absolute atomic E-state index is 10.8. The van der Waals surface area contributed by atoms with Crippen LogP contribution in [0.15, 0.2) is 49.2 Å². The summed E-state index contributed by atoms with van der Waals surface area (Å²) in [7, 11) is 1.99. The number of ether oxygens (including phenoxy) is 1. The van der Waals surface area contributed by atoms with Gasteiger partial charge in [-0.1, -0.05) is 31.2 Å². The lowest BCUT2D eigenvalue weighted by molar-refractivity contribution is -0.107. The molecule has 8 heteroatoms. The highest BCUT2D eigenvalue weighted by Crippen LogP contribution is 2.33. The number of carbonyl (C=O) groups is 1. The van der Waals surface area contributed by atoms with Crippen molar-refractivity contribution in [1.82, 2.24) is 24.5 Å². The zero-order chi connectivity index (χ0) is 23.5. The molecule has 8 nitrogen and oxygen atoms in total. The predicted octanol–water partition coefficient (Wildman–Crippen LogP) is 3.78. The Labute approximate surface area is 198 Å². The molecule has 0 atom stereocenters. The minimum Gasteiger partial charge on any atom is -0.473 e. The minimum atomic E-state index is 0.0743. The molecule has 4 aromatic rings. The van der Waals surface area contributed by atoms with Gasteiger partial charge in [0, 0.05) is 63.6 Å². The number of piperidine rings is 1. The van der Waals surface area contributed by atoms with Crippen LogP contribution in [0.25, 0.3) is 22.2 Å². The Morgan fingerprint density at radius 1 is 1.03 bits per heavy atom. The number of aldehydes is 1. The largest absolute Gasteiger partial charge is 0.473 e. The van der Waals surface area contributed by atoms with Crippen molar-refractivity contribution in [3.05, 3.63) is 60.3 Å². The van der Waals surface area contributed by atoms with Gasteiger partial charge in [-0.15, -0.1) is 0 Å². The number of anilines is 1. The van der Waals surface area contributed by atoms with E-state index >= 15 is 0 Å². The molecule has 0 unspecified atom stereocenters. The lowest BCUT2D eigenvalue weighted by Gasteiger charge is -2.32. The molecule has 3 aromatic heterocycles. The van der Waals surface area contributed by atoms with Crippen molar-refractivity contribution in [3.63, 3.8) is 0 Å². The number of hydrogen-bond donors (Lipinski definition) is 0. The Kier molecular flexibility index (Phi) is 6.20. The lowest BCUT2D eigenvalue weighted by Crippen LogP contribution is -2.39. The van der Waals surface area contributed by atoms with Gasteiger partial charge in [0.25, 0.3) is 0 Å². The maximum atomic E-state index is 10.8. The highest BCUT2D eigenvalue weighted by molar-refractivity contribution is 5.95. The van der Waals surface area contributed by atoms with E-state index in [0.717, 1.165) is 77.9 Å². The van der Waals surface area contributed by atoms with Crippen LogP contribution in [0.2, 0.25) is 0 Å². The van der Waals surface area contributed by atoms with Crippen LogP contribution in [0, 0.1) is 0 Å². The van der Waals surface area contributed by atoms with Crippen LogP contribution in [0.4, 0.5) is 5.95 Å². The molecule has 1 aliphatic rings. The fourth-order valence-electron chi connectivity index (χ4n) is 4.44. The minimum absolute atomic E-state index is 0.0743. The number of carbonyl (C=O) groups excluding carboxylic acids is 1.